The Morgan fingerprint density at radius 3 is 2.67 bits per heavy atom. The van der Waals surface area contributed by atoms with Crippen molar-refractivity contribution in [2.24, 2.45) is 0 Å². The summed E-state index contributed by atoms with van der Waals surface area (Å²) in [6.07, 6.45) is 2.54. The Kier molecular flexibility index (Phi) is 1.95. The highest BCUT2D eigenvalue weighted by Crippen LogP contribution is 2.13. The van der Waals surface area contributed by atoms with Crippen LogP contribution in [-0.2, 0) is 6.54 Å². The molecule has 0 unspecified atom stereocenters. The van der Waals surface area contributed by atoms with Crippen molar-refractivity contribution in [2.45, 2.75) is 19.4 Å². The van der Waals surface area contributed by atoms with Crippen LogP contribution in [0.4, 0.5) is 5.82 Å². The number of nitrogen functional groups attached to an aromatic ring is 1. The van der Waals surface area contributed by atoms with E-state index in [0.717, 1.165) is 25.3 Å². The van der Waals surface area contributed by atoms with Gasteiger partial charge in [-0.15, -0.1) is 0 Å². The number of hydrogen-bond acceptors (Lipinski definition) is 5. The molecule has 1 aromatic heterocycles. The summed E-state index contributed by atoms with van der Waals surface area (Å²) in [7, 11) is 0. The lowest BCUT2D eigenvalue weighted by atomic mass is 10.4. The van der Waals surface area contributed by atoms with Crippen LogP contribution in [0.3, 0.4) is 0 Å². The molecule has 0 bridgehead atoms. The van der Waals surface area contributed by atoms with E-state index >= 15 is 0 Å². The summed E-state index contributed by atoms with van der Waals surface area (Å²) in [6.45, 7) is 3.04. The van der Waals surface area contributed by atoms with E-state index in [0.29, 0.717) is 5.82 Å². The van der Waals surface area contributed by atoms with Gasteiger partial charge in [0, 0.05) is 6.54 Å². The largest absolute Gasteiger partial charge is 0.379 e. The van der Waals surface area contributed by atoms with Crippen LogP contribution in [0, 0.1) is 0 Å². The molecule has 5 heteroatoms. The van der Waals surface area contributed by atoms with Gasteiger partial charge in [0.2, 0.25) is 0 Å². The van der Waals surface area contributed by atoms with Gasteiger partial charge in [-0.05, 0) is 31.1 Å². The summed E-state index contributed by atoms with van der Waals surface area (Å²) in [5.41, 5.74) is 6.29. The third-order valence-electron chi connectivity index (χ3n) is 2.16. The molecule has 0 atom stereocenters. The van der Waals surface area contributed by atoms with Crippen LogP contribution in [0.15, 0.2) is 4.63 Å². The van der Waals surface area contributed by atoms with Gasteiger partial charge in [0.15, 0.2) is 5.82 Å². The summed E-state index contributed by atoms with van der Waals surface area (Å²) >= 11 is 0. The fourth-order valence-corrected chi connectivity index (χ4v) is 1.48. The van der Waals surface area contributed by atoms with Crippen molar-refractivity contribution in [1.82, 2.24) is 15.2 Å². The van der Waals surface area contributed by atoms with E-state index in [1.807, 2.05) is 0 Å². The van der Waals surface area contributed by atoms with E-state index in [1.54, 1.807) is 0 Å². The maximum Gasteiger partial charge on any atom is 0.192 e. The van der Waals surface area contributed by atoms with Crippen LogP contribution in [0.25, 0.3) is 0 Å². The first-order valence-corrected chi connectivity index (χ1v) is 4.15. The second-order valence-corrected chi connectivity index (χ2v) is 3.08. The summed E-state index contributed by atoms with van der Waals surface area (Å²) in [6, 6.07) is 0. The van der Waals surface area contributed by atoms with Crippen molar-refractivity contribution < 1.29 is 4.63 Å². The Morgan fingerprint density at radius 2 is 2.08 bits per heavy atom. The van der Waals surface area contributed by atoms with Crippen molar-refractivity contribution in [3.05, 3.63) is 5.69 Å². The number of nitrogens with zero attached hydrogens (tertiary/aromatic N) is 3. The van der Waals surface area contributed by atoms with Crippen LogP contribution in [0.5, 0.6) is 0 Å². The summed E-state index contributed by atoms with van der Waals surface area (Å²) < 4.78 is 4.50. The maximum atomic E-state index is 5.52. The number of nitrogens with two attached hydrogens (primary N) is 1. The predicted octanol–water partition coefficient (Wildman–Crippen LogP) is 0.248. The number of likely N-dealkylation sites (tertiary alicyclic amines) is 1. The average Bonchev–Trinajstić information content (AvgIpc) is 2.65. The minimum atomic E-state index is 0.418. The SMILES string of the molecule is Nc1nonc1CN1CCCC1. The van der Waals surface area contributed by atoms with Crippen molar-refractivity contribution in [3.8, 4) is 0 Å². The summed E-state index contributed by atoms with van der Waals surface area (Å²) in [5, 5.41) is 7.25. The standard InChI is InChI=1S/C7H12N4O/c8-7-6(9-12-10-7)5-11-3-1-2-4-11/h1-5H2,(H2,8,10). The van der Waals surface area contributed by atoms with Crippen LogP contribution >= 0.6 is 0 Å². The first-order valence-electron chi connectivity index (χ1n) is 4.15. The van der Waals surface area contributed by atoms with E-state index in [1.165, 1.54) is 12.8 Å². The summed E-state index contributed by atoms with van der Waals surface area (Å²) in [5.74, 6) is 0.418. The van der Waals surface area contributed by atoms with Gasteiger partial charge in [-0.25, -0.2) is 4.63 Å². The Hall–Kier alpha value is -1.10. The monoisotopic (exact) mass is 168 g/mol. The van der Waals surface area contributed by atoms with Gasteiger partial charge in [-0.2, -0.15) is 0 Å². The zero-order valence-electron chi connectivity index (χ0n) is 6.86. The Bertz CT molecular complexity index is 254. The Morgan fingerprint density at radius 1 is 1.33 bits per heavy atom. The number of aromatic nitrogens is 2. The fraction of sp³-hybridized carbons (Fsp3) is 0.714. The quantitative estimate of drug-likeness (QED) is 0.685. The van der Waals surface area contributed by atoms with Crippen molar-refractivity contribution in [1.29, 1.82) is 0 Å². The van der Waals surface area contributed by atoms with E-state index in [-0.39, 0.29) is 0 Å². The molecule has 2 rings (SSSR count). The highest BCUT2D eigenvalue weighted by atomic mass is 16.6. The van der Waals surface area contributed by atoms with E-state index in [2.05, 4.69) is 19.8 Å². The molecule has 0 aliphatic carbocycles. The Labute approximate surface area is 70.5 Å². The zero-order chi connectivity index (χ0) is 8.39. The lowest BCUT2D eigenvalue weighted by Crippen LogP contribution is -2.19. The van der Waals surface area contributed by atoms with Gasteiger partial charge in [-0.1, -0.05) is 5.16 Å². The summed E-state index contributed by atoms with van der Waals surface area (Å²) in [4.78, 5) is 2.30. The molecule has 0 radical (unpaired) electrons. The maximum absolute atomic E-state index is 5.52. The molecule has 2 heterocycles. The Balaban J connectivity index is 1.98. The van der Waals surface area contributed by atoms with E-state index in [9.17, 15) is 0 Å². The normalized spacial score (nSPS) is 18.7. The molecule has 2 N–H and O–H groups in total. The van der Waals surface area contributed by atoms with Crippen LogP contribution in [0.2, 0.25) is 0 Å². The minimum absolute atomic E-state index is 0.418. The molecule has 0 spiro atoms. The molecule has 1 aliphatic heterocycles. The molecular weight excluding hydrogens is 156 g/mol. The molecular formula is C7H12N4O. The van der Waals surface area contributed by atoms with Crippen LogP contribution in [-0.4, -0.2) is 28.3 Å². The van der Waals surface area contributed by atoms with Crippen molar-refractivity contribution >= 4 is 5.82 Å². The van der Waals surface area contributed by atoms with Crippen molar-refractivity contribution in [3.63, 3.8) is 0 Å². The molecule has 1 aliphatic rings. The molecule has 1 saturated heterocycles. The molecule has 1 fully saturated rings. The second kappa shape index (κ2) is 3.10. The topological polar surface area (TPSA) is 68.2 Å². The van der Waals surface area contributed by atoms with Gasteiger partial charge in [0.1, 0.15) is 5.69 Å². The highest BCUT2D eigenvalue weighted by molar-refractivity contribution is 5.30. The second-order valence-electron chi connectivity index (χ2n) is 3.08. The first kappa shape index (κ1) is 7.54. The third kappa shape index (κ3) is 1.40. The lowest BCUT2D eigenvalue weighted by Gasteiger charge is -2.11. The minimum Gasteiger partial charge on any atom is -0.379 e. The van der Waals surface area contributed by atoms with Crippen molar-refractivity contribution in [2.75, 3.05) is 18.8 Å². The molecule has 0 aromatic carbocycles. The third-order valence-corrected chi connectivity index (χ3v) is 2.16. The van der Waals surface area contributed by atoms with Gasteiger partial charge in [0.25, 0.3) is 0 Å². The molecule has 12 heavy (non-hydrogen) atoms. The highest BCUT2D eigenvalue weighted by Gasteiger charge is 2.15. The number of hydrogen-bond donors (Lipinski definition) is 1. The van der Waals surface area contributed by atoms with Gasteiger partial charge in [-0.3, -0.25) is 4.90 Å². The first-order chi connectivity index (χ1) is 5.86. The molecule has 5 nitrogen and oxygen atoms in total. The lowest BCUT2D eigenvalue weighted by molar-refractivity contribution is 0.284. The van der Waals surface area contributed by atoms with Gasteiger partial charge < -0.3 is 5.73 Å². The molecule has 0 saturated carbocycles. The predicted molar refractivity (Wildman–Crippen MR) is 43.2 cm³/mol. The number of anilines is 1. The van der Waals surface area contributed by atoms with Gasteiger partial charge >= 0.3 is 0 Å². The smallest absolute Gasteiger partial charge is 0.192 e. The fourth-order valence-electron chi connectivity index (χ4n) is 1.48. The van der Waals surface area contributed by atoms with Crippen LogP contribution < -0.4 is 5.73 Å². The van der Waals surface area contributed by atoms with Crippen LogP contribution in [0.1, 0.15) is 18.5 Å². The molecule has 1 aromatic rings. The average molecular weight is 168 g/mol. The molecule has 0 amide bonds. The molecule has 66 valence electrons. The van der Waals surface area contributed by atoms with Gasteiger partial charge in [0.05, 0.1) is 0 Å². The number of rotatable bonds is 2. The van der Waals surface area contributed by atoms with E-state index < -0.39 is 0 Å². The van der Waals surface area contributed by atoms with E-state index in [4.69, 9.17) is 5.73 Å². The zero-order valence-corrected chi connectivity index (χ0v) is 6.86.